The number of rotatable bonds is 3. The fraction of sp³-hybridized carbons (Fsp3) is 0.500. The molecule has 1 atom stereocenters. The van der Waals surface area contributed by atoms with Gasteiger partial charge in [0.2, 0.25) is 5.91 Å². The average molecular weight is 283 g/mol. The van der Waals surface area contributed by atoms with Gasteiger partial charge in [0.05, 0.1) is 12.6 Å². The van der Waals surface area contributed by atoms with E-state index in [0.29, 0.717) is 18.1 Å². The van der Waals surface area contributed by atoms with Crippen LogP contribution < -0.4 is 5.73 Å². The van der Waals surface area contributed by atoms with E-state index in [1.165, 1.54) is 0 Å². The molecule has 0 bridgehead atoms. The van der Waals surface area contributed by atoms with Gasteiger partial charge in [-0.2, -0.15) is 0 Å². The van der Waals surface area contributed by atoms with Gasteiger partial charge in [-0.05, 0) is 36.5 Å². The quantitative estimate of drug-likeness (QED) is 0.884. The van der Waals surface area contributed by atoms with Gasteiger partial charge in [-0.3, -0.25) is 4.79 Å². The molecule has 1 saturated heterocycles. The molecule has 1 aliphatic heterocycles. The third-order valence-corrected chi connectivity index (χ3v) is 3.98. The predicted octanol–water partition coefficient (Wildman–Crippen LogP) is 1.57. The van der Waals surface area contributed by atoms with E-state index < -0.39 is 6.10 Å². The number of nitrogens with two attached hydrogens (primary N) is 1. The molecule has 0 aromatic heterocycles. The number of piperidine rings is 1. The molecule has 1 heterocycles. The van der Waals surface area contributed by atoms with Gasteiger partial charge in [0.25, 0.3) is 0 Å². The highest BCUT2D eigenvalue weighted by atomic mass is 35.5. The van der Waals surface area contributed by atoms with Crippen molar-refractivity contribution in [1.29, 1.82) is 0 Å². The van der Waals surface area contributed by atoms with Gasteiger partial charge in [0.1, 0.15) is 0 Å². The van der Waals surface area contributed by atoms with Crippen LogP contribution in [0.2, 0.25) is 5.02 Å². The lowest BCUT2D eigenvalue weighted by atomic mass is 9.87. The third-order valence-electron chi connectivity index (χ3n) is 3.72. The second-order valence-electron chi connectivity index (χ2n) is 4.92. The maximum Gasteiger partial charge on any atom is 0.236 e. The number of aliphatic hydroxyl groups excluding tert-OH is 1. The number of hydrogen-bond donors (Lipinski definition) is 2. The molecular formula is C14H19ClN2O2. The predicted molar refractivity (Wildman–Crippen MR) is 74.8 cm³/mol. The lowest BCUT2D eigenvalue weighted by Crippen LogP contribution is -2.42. The number of likely N-dealkylation sites (tertiary alicyclic amines) is 1. The molecule has 3 N–H and O–H groups in total. The van der Waals surface area contributed by atoms with Gasteiger partial charge in [0.15, 0.2) is 0 Å². The van der Waals surface area contributed by atoms with E-state index in [4.69, 9.17) is 17.3 Å². The largest absolute Gasteiger partial charge is 0.388 e. The normalized spacial score (nSPS) is 18.4. The summed E-state index contributed by atoms with van der Waals surface area (Å²) in [7, 11) is 0. The van der Waals surface area contributed by atoms with Crippen molar-refractivity contribution in [1.82, 2.24) is 4.90 Å². The molecule has 0 spiro atoms. The number of nitrogens with zero attached hydrogens (tertiary/aromatic N) is 1. The van der Waals surface area contributed by atoms with E-state index in [0.717, 1.165) is 18.4 Å². The van der Waals surface area contributed by atoms with Crippen molar-refractivity contribution in [3.63, 3.8) is 0 Å². The van der Waals surface area contributed by atoms with E-state index in [2.05, 4.69) is 0 Å². The molecule has 1 aromatic carbocycles. The Hall–Kier alpha value is -1.10. The first-order chi connectivity index (χ1) is 9.11. The summed E-state index contributed by atoms with van der Waals surface area (Å²) in [5.41, 5.74) is 6.23. The number of benzene rings is 1. The average Bonchev–Trinajstić information content (AvgIpc) is 2.46. The van der Waals surface area contributed by atoms with E-state index in [1.807, 2.05) is 12.1 Å². The first-order valence-corrected chi connectivity index (χ1v) is 6.91. The maximum atomic E-state index is 11.5. The fourth-order valence-electron chi connectivity index (χ4n) is 2.53. The Bertz CT molecular complexity index is 428. The van der Waals surface area contributed by atoms with Crippen LogP contribution in [0.15, 0.2) is 24.3 Å². The highest BCUT2D eigenvalue weighted by Gasteiger charge is 2.27. The number of carbonyl (C=O) groups is 1. The van der Waals surface area contributed by atoms with E-state index in [9.17, 15) is 9.90 Å². The Kier molecular flexibility index (Phi) is 4.80. The summed E-state index contributed by atoms with van der Waals surface area (Å²) in [5, 5.41) is 11.0. The van der Waals surface area contributed by atoms with E-state index in [1.54, 1.807) is 17.0 Å². The SMILES string of the molecule is NCC(=O)N1CCC([C@@H](O)c2ccc(Cl)cc2)CC1. The third kappa shape index (κ3) is 3.47. The Morgan fingerprint density at radius 2 is 1.95 bits per heavy atom. The first kappa shape index (κ1) is 14.3. The van der Waals surface area contributed by atoms with Crippen molar-refractivity contribution < 1.29 is 9.90 Å². The summed E-state index contributed by atoms with van der Waals surface area (Å²) in [5.74, 6) is 0.169. The molecule has 1 aliphatic rings. The maximum absolute atomic E-state index is 11.5. The van der Waals surface area contributed by atoms with Gasteiger partial charge in [-0.25, -0.2) is 0 Å². The standard InChI is InChI=1S/C14H19ClN2O2/c15-12-3-1-10(2-4-12)14(19)11-5-7-17(8-6-11)13(18)9-16/h1-4,11,14,19H,5-9,16H2/t14-/m0/s1. The number of carbonyl (C=O) groups excluding carboxylic acids is 1. The van der Waals surface area contributed by atoms with Crippen molar-refractivity contribution >= 4 is 17.5 Å². The minimum absolute atomic E-state index is 0.0144. The second-order valence-corrected chi connectivity index (χ2v) is 5.36. The summed E-state index contributed by atoms with van der Waals surface area (Å²) in [6.07, 6.45) is 1.11. The van der Waals surface area contributed by atoms with Crippen LogP contribution in [0.3, 0.4) is 0 Å². The molecular weight excluding hydrogens is 264 g/mol. The van der Waals surface area contributed by atoms with E-state index >= 15 is 0 Å². The van der Waals surface area contributed by atoms with Gasteiger partial charge in [-0.15, -0.1) is 0 Å². The summed E-state index contributed by atoms with van der Waals surface area (Å²) in [6.45, 7) is 1.40. The van der Waals surface area contributed by atoms with Crippen LogP contribution >= 0.6 is 11.6 Å². The van der Waals surface area contributed by atoms with Gasteiger partial charge in [0, 0.05) is 18.1 Å². The molecule has 0 radical (unpaired) electrons. The number of amides is 1. The molecule has 1 amide bonds. The highest BCUT2D eigenvalue weighted by Crippen LogP contribution is 2.31. The molecule has 5 heteroatoms. The Morgan fingerprint density at radius 1 is 1.37 bits per heavy atom. The molecule has 1 fully saturated rings. The van der Waals surface area contributed by atoms with Crippen LogP contribution in [-0.2, 0) is 4.79 Å². The van der Waals surface area contributed by atoms with Crippen LogP contribution in [0.1, 0.15) is 24.5 Å². The highest BCUT2D eigenvalue weighted by molar-refractivity contribution is 6.30. The number of aliphatic hydroxyl groups is 1. The molecule has 0 unspecified atom stereocenters. The monoisotopic (exact) mass is 282 g/mol. The molecule has 0 aliphatic carbocycles. The van der Waals surface area contributed by atoms with Gasteiger partial charge in [-0.1, -0.05) is 23.7 Å². The Balaban J connectivity index is 1.94. The van der Waals surface area contributed by atoms with Gasteiger partial charge >= 0.3 is 0 Å². The molecule has 0 saturated carbocycles. The molecule has 1 aromatic rings. The smallest absolute Gasteiger partial charge is 0.236 e. The second kappa shape index (κ2) is 6.37. The zero-order valence-corrected chi connectivity index (χ0v) is 11.5. The number of halogens is 1. The molecule has 104 valence electrons. The zero-order chi connectivity index (χ0) is 13.8. The van der Waals surface area contributed by atoms with Crippen molar-refractivity contribution in [3.05, 3.63) is 34.9 Å². The lowest BCUT2D eigenvalue weighted by molar-refractivity contribution is -0.131. The van der Waals surface area contributed by atoms with Crippen LogP contribution in [0.5, 0.6) is 0 Å². The van der Waals surface area contributed by atoms with Crippen molar-refractivity contribution in [2.24, 2.45) is 11.7 Å². The van der Waals surface area contributed by atoms with Crippen LogP contribution in [0.25, 0.3) is 0 Å². The van der Waals surface area contributed by atoms with Gasteiger partial charge < -0.3 is 15.7 Å². The summed E-state index contributed by atoms with van der Waals surface area (Å²) >= 11 is 5.83. The molecule has 2 rings (SSSR count). The fourth-order valence-corrected chi connectivity index (χ4v) is 2.65. The topological polar surface area (TPSA) is 66.6 Å². The summed E-state index contributed by atoms with van der Waals surface area (Å²) in [6, 6.07) is 7.27. The van der Waals surface area contributed by atoms with Crippen molar-refractivity contribution in [3.8, 4) is 0 Å². The molecule has 4 nitrogen and oxygen atoms in total. The van der Waals surface area contributed by atoms with Crippen molar-refractivity contribution in [2.45, 2.75) is 18.9 Å². The Labute approximate surface area is 118 Å². The van der Waals surface area contributed by atoms with Crippen LogP contribution in [-0.4, -0.2) is 35.5 Å². The first-order valence-electron chi connectivity index (χ1n) is 6.53. The van der Waals surface area contributed by atoms with Crippen molar-refractivity contribution in [2.75, 3.05) is 19.6 Å². The van der Waals surface area contributed by atoms with E-state index in [-0.39, 0.29) is 18.4 Å². The Morgan fingerprint density at radius 3 is 2.47 bits per heavy atom. The zero-order valence-electron chi connectivity index (χ0n) is 10.8. The summed E-state index contributed by atoms with van der Waals surface area (Å²) in [4.78, 5) is 13.2. The lowest BCUT2D eigenvalue weighted by Gasteiger charge is -2.34. The minimum Gasteiger partial charge on any atom is -0.388 e. The number of hydrogen-bond acceptors (Lipinski definition) is 3. The minimum atomic E-state index is -0.493. The van der Waals surface area contributed by atoms with Crippen LogP contribution in [0, 0.1) is 5.92 Å². The van der Waals surface area contributed by atoms with Crippen LogP contribution in [0.4, 0.5) is 0 Å². The molecule has 19 heavy (non-hydrogen) atoms. The summed E-state index contributed by atoms with van der Waals surface area (Å²) < 4.78 is 0.